The number of hydrazone groups is 1. The summed E-state index contributed by atoms with van der Waals surface area (Å²) in [6.45, 7) is 0.0894. The number of rotatable bonds is 5. The van der Waals surface area contributed by atoms with Crippen molar-refractivity contribution in [1.29, 1.82) is 0 Å². The summed E-state index contributed by atoms with van der Waals surface area (Å²) in [4.78, 5) is 12.0. The molecule has 1 amide bonds. The zero-order valence-electron chi connectivity index (χ0n) is 12.8. The highest BCUT2D eigenvalue weighted by Crippen LogP contribution is 2.35. The Labute approximate surface area is 141 Å². The molecule has 126 valence electrons. The topological polar surface area (TPSA) is 117 Å². The Bertz CT molecular complexity index is 918. The van der Waals surface area contributed by atoms with Gasteiger partial charge in [0.15, 0.2) is 17.3 Å². The average molecular weight is 340 g/mol. The second-order valence-electron chi connectivity index (χ2n) is 5.04. The summed E-state index contributed by atoms with van der Waals surface area (Å²) in [5.74, 6) is 1.86. The van der Waals surface area contributed by atoms with Gasteiger partial charge in [0.05, 0.1) is 12.5 Å². The first-order valence-corrected chi connectivity index (χ1v) is 7.31. The number of nitrogens with zero attached hydrogens (tertiary/aromatic N) is 5. The van der Waals surface area contributed by atoms with E-state index in [1.54, 1.807) is 30.3 Å². The molecule has 1 N–H and O–H groups in total. The Balaban J connectivity index is 1.45. The summed E-state index contributed by atoms with van der Waals surface area (Å²) >= 11 is 0. The normalized spacial score (nSPS) is 12.6. The Morgan fingerprint density at radius 2 is 2.24 bits per heavy atom. The first kappa shape index (κ1) is 14.9. The number of nitrogens with one attached hydrogen (secondary N) is 1. The predicted molar refractivity (Wildman–Crippen MR) is 83.8 cm³/mol. The maximum absolute atomic E-state index is 12.0. The Morgan fingerprint density at radius 1 is 1.32 bits per heavy atom. The molecular weight excluding hydrogens is 328 g/mol. The quantitative estimate of drug-likeness (QED) is 0.539. The number of furan rings is 1. The van der Waals surface area contributed by atoms with Crippen LogP contribution in [0, 0.1) is 0 Å². The van der Waals surface area contributed by atoms with Crippen LogP contribution in [-0.2, 0) is 11.3 Å². The number of carbonyl (C=O) groups is 1. The highest BCUT2D eigenvalue weighted by atomic mass is 16.7. The molecule has 4 rings (SSSR count). The van der Waals surface area contributed by atoms with Crippen LogP contribution in [0.4, 0.5) is 0 Å². The van der Waals surface area contributed by atoms with E-state index >= 15 is 0 Å². The minimum Gasteiger partial charge on any atom is -0.463 e. The van der Waals surface area contributed by atoms with Crippen molar-refractivity contribution in [2.24, 2.45) is 5.10 Å². The van der Waals surface area contributed by atoms with Crippen molar-refractivity contribution in [1.82, 2.24) is 25.6 Å². The van der Waals surface area contributed by atoms with Gasteiger partial charge in [-0.1, -0.05) is 0 Å². The molecule has 1 aromatic carbocycles. The third-order valence-electron chi connectivity index (χ3n) is 3.38. The molecule has 0 aliphatic carbocycles. The number of fused-ring (bicyclic) bond motifs is 1. The second-order valence-corrected chi connectivity index (χ2v) is 5.04. The van der Waals surface area contributed by atoms with Crippen molar-refractivity contribution in [3.63, 3.8) is 0 Å². The molecule has 0 saturated heterocycles. The van der Waals surface area contributed by atoms with Crippen molar-refractivity contribution >= 4 is 12.1 Å². The smallest absolute Gasteiger partial charge is 0.261 e. The number of ether oxygens (including phenoxy) is 2. The van der Waals surface area contributed by atoms with E-state index in [1.165, 1.54) is 17.2 Å². The molecule has 3 heterocycles. The van der Waals surface area contributed by atoms with Gasteiger partial charge in [-0.2, -0.15) is 5.10 Å². The minimum absolute atomic E-state index is 0.0910. The fourth-order valence-electron chi connectivity index (χ4n) is 2.26. The van der Waals surface area contributed by atoms with Crippen LogP contribution in [0.5, 0.6) is 11.5 Å². The van der Waals surface area contributed by atoms with Crippen LogP contribution in [0.15, 0.2) is 46.1 Å². The van der Waals surface area contributed by atoms with Crippen LogP contribution in [-0.4, -0.2) is 39.1 Å². The number of hydrogen-bond donors (Lipinski definition) is 1. The van der Waals surface area contributed by atoms with Gasteiger partial charge in [0.1, 0.15) is 12.3 Å². The third-order valence-corrected chi connectivity index (χ3v) is 3.38. The summed E-state index contributed by atoms with van der Waals surface area (Å²) in [5.41, 5.74) is 3.10. The number of amides is 1. The van der Waals surface area contributed by atoms with E-state index < -0.39 is 0 Å². The zero-order valence-corrected chi connectivity index (χ0v) is 12.8. The van der Waals surface area contributed by atoms with Gasteiger partial charge < -0.3 is 13.9 Å². The Kier molecular flexibility index (Phi) is 3.83. The van der Waals surface area contributed by atoms with Gasteiger partial charge in [-0.05, 0) is 40.8 Å². The van der Waals surface area contributed by atoms with Crippen LogP contribution < -0.4 is 14.9 Å². The molecule has 0 unspecified atom stereocenters. The standard InChI is InChI=1S/C15H12N6O4/c22-14(17-16-7-11-2-1-5-23-11)8-21-15(18-19-20-21)10-3-4-12-13(6-10)25-9-24-12/h1-7H,8-9H2,(H,17,22)/b16-7+. The lowest BCUT2D eigenvalue weighted by atomic mass is 10.2. The van der Waals surface area contributed by atoms with Gasteiger partial charge in [-0.25, -0.2) is 10.1 Å². The van der Waals surface area contributed by atoms with Gasteiger partial charge >= 0.3 is 0 Å². The molecule has 1 aliphatic rings. The van der Waals surface area contributed by atoms with E-state index in [0.29, 0.717) is 28.6 Å². The van der Waals surface area contributed by atoms with Gasteiger partial charge in [0.2, 0.25) is 6.79 Å². The average Bonchev–Trinajstić information content (AvgIpc) is 3.35. The maximum Gasteiger partial charge on any atom is 0.261 e. The molecule has 3 aromatic rings. The van der Waals surface area contributed by atoms with E-state index in [2.05, 4.69) is 26.1 Å². The summed E-state index contributed by atoms with van der Waals surface area (Å²) in [5, 5.41) is 15.2. The molecule has 0 saturated carbocycles. The van der Waals surface area contributed by atoms with Crippen molar-refractivity contribution in [2.45, 2.75) is 6.54 Å². The van der Waals surface area contributed by atoms with Crippen LogP contribution in [0.2, 0.25) is 0 Å². The van der Waals surface area contributed by atoms with Crippen LogP contribution in [0.3, 0.4) is 0 Å². The lowest BCUT2D eigenvalue weighted by Gasteiger charge is -2.04. The fraction of sp³-hybridized carbons (Fsp3) is 0.133. The van der Waals surface area contributed by atoms with E-state index in [0.717, 1.165) is 0 Å². The lowest BCUT2D eigenvalue weighted by Crippen LogP contribution is -2.24. The molecule has 0 radical (unpaired) electrons. The SMILES string of the molecule is O=C(Cn1nnnc1-c1ccc2c(c1)OCO2)N/N=C/c1ccco1. The predicted octanol–water partition coefficient (Wildman–Crippen LogP) is 0.812. The maximum atomic E-state index is 12.0. The largest absolute Gasteiger partial charge is 0.463 e. The molecule has 0 fully saturated rings. The van der Waals surface area contributed by atoms with Crippen molar-refractivity contribution in [2.75, 3.05) is 6.79 Å². The number of tetrazole rings is 1. The fourth-order valence-corrected chi connectivity index (χ4v) is 2.26. The highest BCUT2D eigenvalue weighted by Gasteiger charge is 2.17. The number of benzene rings is 1. The molecule has 0 atom stereocenters. The molecule has 10 nitrogen and oxygen atoms in total. The van der Waals surface area contributed by atoms with E-state index in [1.807, 2.05) is 0 Å². The Morgan fingerprint density at radius 3 is 3.12 bits per heavy atom. The first-order valence-electron chi connectivity index (χ1n) is 7.31. The van der Waals surface area contributed by atoms with Gasteiger partial charge in [-0.15, -0.1) is 5.10 Å². The number of carbonyl (C=O) groups excluding carboxylic acids is 1. The second kappa shape index (κ2) is 6.43. The zero-order chi connectivity index (χ0) is 17.1. The molecule has 0 bridgehead atoms. The van der Waals surface area contributed by atoms with Gasteiger partial charge in [0.25, 0.3) is 5.91 Å². The number of hydrogen-bond acceptors (Lipinski definition) is 8. The van der Waals surface area contributed by atoms with E-state index in [9.17, 15) is 4.79 Å². The molecule has 2 aromatic heterocycles. The molecule has 1 aliphatic heterocycles. The van der Waals surface area contributed by atoms with Crippen LogP contribution in [0.1, 0.15) is 5.76 Å². The minimum atomic E-state index is -0.378. The van der Waals surface area contributed by atoms with Gasteiger partial charge in [-0.3, -0.25) is 4.79 Å². The molecule has 25 heavy (non-hydrogen) atoms. The molecule has 0 spiro atoms. The molecular formula is C15H12N6O4. The Hall–Kier alpha value is -3.69. The van der Waals surface area contributed by atoms with E-state index in [-0.39, 0.29) is 19.2 Å². The van der Waals surface area contributed by atoms with Gasteiger partial charge in [0, 0.05) is 5.56 Å². The monoisotopic (exact) mass is 340 g/mol. The highest BCUT2D eigenvalue weighted by molar-refractivity contribution is 5.80. The van der Waals surface area contributed by atoms with Crippen LogP contribution >= 0.6 is 0 Å². The van der Waals surface area contributed by atoms with Crippen LogP contribution in [0.25, 0.3) is 11.4 Å². The first-order chi connectivity index (χ1) is 12.3. The molecule has 10 heteroatoms. The van der Waals surface area contributed by atoms with Crippen molar-refractivity contribution in [3.05, 3.63) is 42.4 Å². The lowest BCUT2D eigenvalue weighted by molar-refractivity contribution is -0.121. The van der Waals surface area contributed by atoms with Crippen molar-refractivity contribution in [3.8, 4) is 22.9 Å². The van der Waals surface area contributed by atoms with E-state index in [4.69, 9.17) is 13.9 Å². The summed E-state index contributed by atoms with van der Waals surface area (Å²) in [7, 11) is 0. The van der Waals surface area contributed by atoms with Crippen molar-refractivity contribution < 1.29 is 18.7 Å². The number of aromatic nitrogens is 4. The summed E-state index contributed by atoms with van der Waals surface area (Å²) < 4.78 is 17.1. The summed E-state index contributed by atoms with van der Waals surface area (Å²) in [6, 6.07) is 8.77. The summed E-state index contributed by atoms with van der Waals surface area (Å²) in [6.07, 6.45) is 2.91. The third kappa shape index (κ3) is 3.17.